The minimum Gasteiger partial charge on any atom is -0.372 e. The summed E-state index contributed by atoms with van der Waals surface area (Å²) in [4.78, 5) is 42.4. The summed E-state index contributed by atoms with van der Waals surface area (Å²) >= 11 is 0. The van der Waals surface area contributed by atoms with Gasteiger partial charge in [0.15, 0.2) is 11.5 Å². The van der Waals surface area contributed by atoms with Gasteiger partial charge < -0.3 is 20.3 Å². The highest BCUT2D eigenvalue weighted by Gasteiger charge is 2.29. The van der Waals surface area contributed by atoms with Crippen LogP contribution in [0.5, 0.6) is 0 Å². The molecule has 3 aromatic rings. The fourth-order valence-electron chi connectivity index (χ4n) is 3.22. The molecule has 1 fully saturated rings. The van der Waals surface area contributed by atoms with Gasteiger partial charge in [-0.25, -0.2) is 9.97 Å². The van der Waals surface area contributed by atoms with Crippen molar-refractivity contribution in [1.29, 1.82) is 5.26 Å². The highest BCUT2D eigenvalue weighted by molar-refractivity contribution is 5.93. The molecule has 0 bridgehead atoms. The summed E-state index contributed by atoms with van der Waals surface area (Å²) in [6.45, 7) is 0.361. The van der Waals surface area contributed by atoms with Gasteiger partial charge in [-0.2, -0.15) is 5.26 Å². The van der Waals surface area contributed by atoms with E-state index in [0.717, 1.165) is 24.8 Å². The lowest BCUT2D eigenvalue weighted by atomic mass is 10.1. The van der Waals surface area contributed by atoms with Gasteiger partial charge in [0.2, 0.25) is 5.91 Å². The number of likely N-dealkylation sites (N-methyl/N-ethyl adjacent to an activating group) is 1. The molecular weight excluding hydrogens is 420 g/mol. The number of hydrogen-bond acceptors (Lipinski definition) is 9. The zero-order valence-electron chi connectivity index (χ0n) is 18.0. The van der Waals surface area contributed by atoms with Gasteiger partial charge >= 0.3 is 0 Å². The Morgan fingerprint density at radius 1 is 1.27 bits per heavy atom. The molecule has 0 aromatic carbocycles. The quantitative estimate of drug-likeness (QED) is 0.478. The van der Waals surface area contributed by atoms with Gasteiger partial charge in [0.05, 0.1) is 41.7 Å². The molecule has 1 aliphatic rings. The van der Waals surface area contributed by atoms with Crippen molar-refractivity contribution >= 4 is 29.4 Å². The van der Waals surface area contributed by atoms with E-state index in [2.05, 4.69) is 30.6 Å². The second-order valence-electron chi connectivity index (χ2n) is 7.76. The molecule has 0 aliphatic heterocycles. The molecule has 1 aliphatic carbocycles. The third kappa shape index (κ3) is 5.46. The third-order valence-electron chi connectivity index (χ3n) is 5.20. The van der Waals surface area contributed by atoms with Crippen molar-refractivity contribution in [3.05, 3.63) is 54.9 Å². The Hall–Kier alpha value is -4.39. The van der Waals surface area contributed by atoms with Crippen molar-refractivity contribution in [2.75, 3.05) is 29.1 Å². The lowest BCUT2D eigenvalue weighted by Crippen LogP contribution is -2.36. The summed E-state index contributed by atoms with van der Waals surface area (Å²) in [5.41, 5.74) is 2.59. The number of aldehydes is 1. The molecule has 1 amide bonds. The lowest BCUT2D eigenvalue weighted by Gasteiger charge is -2.24. The van der Waals surface area contributed by atoms with Crippen LogP contribution in [-0.2, 0) is 9.59 Å². The topological polar surface area (TPSA) is 137 Å². The van der Waals surface area contributed by atoms with Crippen molar-refractivity contribution < 1.29 is 9.59 Å². The van der Waals surface area contributed by atoms with Crippen LogP contribution in [0, 0.1) is 17.2 Å². The van der Waals surface area contributed by atoms with Crippen LogP contribution in [-0.4, -0.2) is 51.8 Å². The Kier molecular flexibility index (Phi) is 6.50. The van der Waals surface area contributed by atoms with Crippen LogP contribution in [0.2, 0.25) is 0 Å². The van der Waals surface area contributed by atoms with Crippen LogP contribution in [0.4, 0.5) is 17.2 Å². The zero-order valence-corrected chi connectivity index (χ0v) is 18.0. The summed E-state index contributed by atoms with van der Waals surface area (Å²) in [7, 11) is 1.86. The molecule has 166 valence electrons. The standard InChI is InChI=1S/C23H22N8O2/c1-31(18-3-2-6-25-10-18)13-17(14-32)29-19-7-16(9-26-20(19)8-24)21-11-28-22(12-27-21)30-23(33)15-4-5-15/h2-3,6-7,9-12,14-15,17,29H,4-5,13H2,1H3,(H,28,30,33). The van der Waals surface area contributed by atoms with Crippen molar-refractivity contribution in [3.63, 3.8) is 0 Å². The molecule has 0 spiro atoms. The first-order chi connectivity index (χ1) is 16.1. The van der Waals surface area contributed by atoms with E-state index in [1.165, 1.54) is 18.6 Å². The van der Waals surface area contributed by atoms with Crippen LogP contribution in [0.1, 0.15) is 18.5 Å². The number of nitrogens with one attached hydrogen (secondary N) is 2. The Balaban J connectivity index is 1.49. The van der Waals surface area contributed by atoms with E-state index in [4.69, 9.17) is 0 Å². The van der Waals surface area contributed by atoms with Crippen LogP contribution < -0.4 is 15.5 Å². The maximum atomic E-state index is 11.9. The number of rotatable bonds is 9. The van der Waals surface area contributed by atoms with Crippen molar-refractivity contribution in [3.8, 4) is 17.3 Å². The van der Waals surface area contributed by atoms with Crippen LogP contribution >= 0.6 is 0 Å². The summed E-state index contributed by atoms with van der Waals surface area (Å²) in [6.07, 6.45) is 10.5. The average Bonchev–Trinajstić information content (AvgIpc) is 3.70. The fourth-order valence-corrected chi connectivity index (χ4v) is 3.22. The predicted molar refractivity (Wildman–Crippen MR) is 122 cm³/mol. The van der Waals surface area contributed by atoms with Gasteiger partial charge in [0.25, 0.3) is 0 Å². The normalized spacial score (nSPS) is 13.5. The number of nitrogens with zero attached hydrogens (tertiary/aromatic N) is 6. The number of carbonyl (C=O) groups is 2. The fraction of sp³-hybridized carbons (Fsp3) is 0.261. The van der Waals surface area contributed by atoms with Crippen molar-refractivity contribution in [2.45, 2.75) is 18.9 Å². The van der Waals surface area contributed by atoms with Gasteiger partial charge in [0.1, 0.15) is 12.4 Å². The number of anilines is 3. The number of aromatic nitrogens is 4. The maximum Gasteiger partial charge on any atom is 0.228 e. The van der Waals surface area contributed by atoms with Crippen molar-refractivity contribution in [1.82, 2.24) is 19.9 Å². The van der Waals surface area contributed by atoms with E-state index < -0.39 is 6.04 Å². The zero-order chi connectivity index (χ0) is 23.2. The number of carbonyl (C=O) groups excluding carboxylic acids is 2. The predicted octanol–water partition coefficient (Wildman–Crippen LogP) is 2.27. The largest absolute Gasteiger partial charge is 0.372 e. The third-order valence-corrected chi connectivity index (χ3v) is 5.20. The molecule has 1 unspecified atom stereocenters. The Labute approximate surface area is 190 Å². The van der Waals surface area contributed by atoms with E-state index in [9.17, 15) is 14.9 Å². The molecule has 33 heavy (non-hydrogen) atoms. The Morgan fingerprint density at radius 2 is 2.12 bits per heavy atom. The van der Waals surface area contributed by atoms with Gasteiger partial charge in [-0.1, -0.05) is 0 Å². The Bertz CT molecular complexity index is 1170. The van der Waals surface area contributed by atoms with E-state index in [1.54, 1.807) is 18.5 Å². The van der Waals surface area contributed by atoms with E-state index >= 15 is 0 Å². The summed E-state index contributed by atoms with van der Waals surface area (Å²) in [5, 5.41) is 15.3. The first-order valence-corrected chi connectivity index (χ1v) is 10.4. The molecule has 0 radical (unpaired) electrons. The number of hydrogen-bond donors (Lipinski definition) is 2. The lowest BCUT2D eigenvalue weighted by molar-refractivity contribution is -0.117. The smallest absolute Gasteiger partial charge is 0.228 e. The number of nitriles is 1. The molecule has 10 nitrogen and oxygen atoms in total. The molecule has 3 heterocycles. The summed E-state index contributed by atoms with van der Waals surface area (Å²) in [5.74, 6) is 0.417. The second kappa shape index (κ2) is 9.82. The first-order valence-electron chi connectivity index (χ1n) is 10.4. The van der Waals surface area contributed by atoms with Gasteiger partial charge in [0, 0.05) is 37.5 Å². The first kappa shape index (κ1) is 21.8. The molecule has 1 atom stereocenters. The number of pyridine rings is 2. The van der Waals surface area contributed by atoms with Gasteiger partial charge in [-0.3, -0.25) is 14.8 Å². The molecule has 4 rings (SSSR count). The van der Waals surface area contributed by atoms with Gasteiger partial charge in [-0.15, -0.1) is 0 Å². The summed E-state index contributed by atoms with van der Waals surface area (Å²) < 4.78 is 0. The van der Waals surface area contributed by atoms with Crippen LogP contribution in [0.25, 0.3) is 11.3 Å². The second-order valence-corrected chi connectivity index (χ2v) is 7.76. The molecule has 10 heteroatoms. The highest BCUT2D eigenvalue weighted by atomic mass is 16.2. The van der Waals surface area contributed by atoms with Crippen molar-refractivity contribution in [2.24, 2.45) is 5.92 Å². The van der Waals surface area contributed by atoms with Gasteiger partial charge in [-0.05, 0) is 31.0 Å². The molecule has 1 saturated carbocycles. The van der Waals surface area contributed by atoms with E-state index in [-0.39, 0.29) is 17.5 Å². The minimum absolute atomic E-state index is 0.0419. The summed E-state index contributed by atoms with van der Waals surface area (Å²) in [6, 6.07) is 6.87. The van der Waals surface area contributed by atoms with E-state index in [0.29, 0.717) is 29.3 Å². The number of amides is 1. The maximum absolute atomic E-state index is 11.9. The van der Waals surface area contributed by atoms with Crippen LogP contribution in [0.15, 0.2) is 49.2 Å². The monoisotopic (exact) mass is 442 g/mol. The SMILES string of the molecule is CN(CC(C=O)Nc1cc(-c2cnc(NC(=O)C3CC3)cn2)cnc1C#N)c1cccnc1. The minimum atomic E-state index is -0.592. The molecular formula is C23H22N8O2. The van der Waals surface area contributed by atoms with E-state index in [1.807, 2.05) is 30.1 Å². The average molecular weight is 442 g/mol. The highest BCUT2D eigenvalue weighted by Crippen LogP contribution is 2.30. The molecule has 2 N–H and O–H groups in total. The Morgan fingerprint density at radius 3 is 2.76 bits per heavy atom. The van der Waals surface area contributed by atoms with Crippen LogP contribution in [0.3, 0.4) is 0 Å². The molecule has 0 saturated heterocycles. The molecule has 3 aromatic heterocycles.